The highest BCUT2D eigenvalue weighted by Gasteiger charge is 2.08. The van der Waals surface area contributed by atoms with Gasteiger partial charge in [0.25, 0.3) is 0 Å². The Labute approximate surface area is 116 Å². The van der Waals surface area contributed by atoms with Crippen LogP contribution in [0.2, 0.25) is 0 Å². The summed E-state index contributed by atoms with van der Waals surface area (Å²) in [6, 6.07) is 1.95. The number of methoxy groups -OCH3 is 1. The molecular weight excluding hydrogens is 240 g/mol. The van der Waals surface area contributed by atoms with Gasteiger partial charge in [-0.05, 0) is 12.8 Å². The Morgan fingerprint density at radius 2 is 1.79 bits per heavy atom. The summed E-state index contributed by atoms with van der Waals surface area (Å²) in [5.41, 5.74) is 0. The van der Waals surface area contributed by atoms with Crippen molar-refractivity contribution in [3.63, 3.8) is 0 Å². The lowest BCUT2D eigenvalue weighted by Gasteiger charge is -2.15. The molecule has 5 nitrogen and oxygen atoms in total. The van der Waals surface area contributed by atoms with E-state index in [-0.39, 0.29) is 0 Å². The Bertz CT molecular complexity index is 382. The summed E-state index contributed by atoms with van der Waals surface area (Å²) in [5.74, 6) is 3.38. The molecule has 1 aromatic heterocycles. The van der Waals surface area contributed by atoms with E-state index >= 15 is 0 Å². The smallest absolute Gasteiger partial charge is 0.135 e. The molecule has 1 unspecified atom stereocenters. The van der Waals surface area contributed by atoms with Crippen LogP contribution in [0.25, 0.3) is 0 Å². The van der Waals surface area contributed by atoms with Gasteiger partial charge >= 0.3 is 0 Å². The van der Waals surface area contributed by atoms with Gasteiger partial charge in [0, 0.05) is 32.2 Å². The van der Waals surface area contributed by atoms with Crippen LogP contribution < -0.4 is 10.6 Å². The van der Waals surface area contributed by atoms with E-state index < -0.39 is 0 Å². The van der Waals surface area contributed by atoms with Crippen LogP contribution in [0.3, 0.4) is 0 Å². The maximum Gasteiger partial charge on any atom is 0.135 e. The topological polar surface area (TPSA) is 59.1 Å². The zero-order valence-corrected chi connectivity index (χ0v) is 12.7. The summed E-state index contributed by atoms with van der Waals surface area (Å²) in [6.07, 6.45) is 0. The van der Waals surface area contributed by atoms with E-state index in [4.69, 9.17) is 4.74 Å². The molecule has 0 aliphatic carbocycles. The Balaban J connectivity index is 2.75. The van der Waals surface area contributed by atoms with Crippen molar-refractivity contribution in [1.29, 1.82) is 0 Å². The number of hydrogen-bond acceptors (Lipinski definition) is 5. The fourth-order valence-electron chi connectivity index (χ4n) is 1.71. The predicted octanol–water partition coefficient (Wildman–Crippen LogP) is 2.73. The van der Waals surface area contributed by atoms with Gasteiger partial charge in [-0.2, -0.15) is 0 Å². The first-order valence-corrected chi connectivity index (χ1v) is 6.92. The third kappa shape index (κ3) is 5.42. The van der Waals surface area contributed by atoms with Crippen LogP contribution in [0.5, 0.6) is 0 Å². The van der Waals surface area contributed by atoms with E-state index in [1.807, 2.05) is 6.07 Å². The molecule has 2 N–H and O–H groups in total. The van der Waals surface area contributed by atoms with Crippen molar-refractivity contribution in [3.8, 4) is 0 Å². The predicted molar refractivity (Wildman–Crippen MR) is 79.8 cm³/mol. The first-order valence-electron chi connectivity index (χ1n) is 6.92. The molecule has 0 amide bonds. The standard InChI is InChI=1S/C14H26N4O/c1-6-15-12-7-13(16-8-11(4)9-19-5)18-14(17-12)10(2)3/h7,10-11H,6,8-9H2,1-5H3,(H2,15,16,17,18). The summed E-state index contributed by atoms with van der Waals surface area (Å²) < 4.78 is 5.13. The molecule has 1 heterocycles. The summed E-state index contributed by atoms with van der Waals surface area (Å²) >= 11 is 0. The minimum atomic E-state index is 0.315. The van der Waals surface area contributed by atoms with Gasteiger partial charge in [-0.3, -0.25) is 0 Å². The molecule has 0 bridgehead atoms. The summed E-state index contributed by atoms with van der Waals surface area (Å²) in [4.78, 5) is 9.04. The van der Waals surface area contributed by atoms with Gasteiger partial charge in [-0.15, -0.1) is 0 Å². The Morgan fingerprint density at radius 3 is 2.32 bits per heavy atom. The molecule has 0 fully saturated rings. The number of nitrogens with one attached hydrogen (secondary N) is 2. The number of hydrogen-bond donors (Lipinski definition) is 2. The first-order chi connectivity index (χ1) is 9.06. The summed E-state index contributed by atoms with van der Waals surface area (Å²) in [5, 5.41) is 6.59. The van der Waals surface area contributed by atoms with Crippen molar-refractivity contribution < 1.29 is 4.74 Å². The van der Waals surface area contributed by atoms with Crippen molar-refractivity contribution >= 4 is 11.6 Å². The van der Waals surface area contributed by atoms with Crippen molar-refractivity contribution in [2.75, 3.05) is 37.4 Å². The largest absolute Gasteiger partial charge is 0.384 e. The Hall–Kier alpha value is -1.36. The maximum atomic E-state index is 5.13. The second-order valence-corrected chi connectivity index (χ2v) is 5.12. The van der Waals surface area contributed by atoms with Crippen molar-refractivity contribution in [3.05, 3.63) is 11.9 Å². The van der Waals surface area contributed by atoms with Gasteiger partial charge in [0.05, 0.1) is 6.61 Å². The number of anilines is 2. The van der Waals surface area contributed by atoms with Gasteiger partial charge in [0.15, 0.2) is 0 Å². The van der Waals surface area contributed by atoms with E-state index in [0.717, 1.165) is 37.2 Å². The van der Waals surface area contributed by atoms with Crippen molar-refractivity contribution in [2.45, 2.75) is 33.6 Å². The summed E-state index contributed by atoms with van der Waals surface area (Å²) in [6.45, 7) is 10.8. The van der Waals surface area contributed by atoms with E-state index in [0.29, 0.717) is 11.8 Å². The highest BCUT2D eigenvalue weighted by atomic mass is 16.5. The molecule has 5 heteroatoms. The van der Waals surface area contributed by atoms with Crippen LogP contribution in [0.15, 0.2) is 6.07 Å². The van der Waals surface area contributed by atoms with E-state index in [9.17, 15) is 0 Å². The van der Waals surface area contributed by atoms with Gasteiger partial charge in [0.2, 0.25) is 0 Å². The lowest BCUT2D eigenvalue weighted by molar-refractivity contribution is 0.164. The fraction of sp³-hybridized carbons (Fsp3) is 0.714. The van der Waals surface area contributed by atoms with Crippen LogP contribution in [-0.2, 0) is 4.74 Å². The highest BCUT2D eigenvalue weighted by molar-refractivity contribution is 5.47. The molecule has 1 rings (SSSR count). The van der Waals surface area contributed by atoms with Gasteiger partial charge < -0.3 is 15.4 Å². The molecule has 0 aliphatic heterocycles. The quantitative estimate of drug-likeness (QED) is 0.757. The number of nitrogens with zero attached hydrogens (tertiary/aromatic N) is 2. The monoisotopic (exact) mass is 266 g/mol. The molecule has 0 spiro atoms. The van der Waals surface area contributed by atoms with Crippen LogP contribution in [0, 0.1) is 5.92 Å². The number of ether oxygens (including phenoxy) is 1. The van der Waals surface area contributed by atoms with Gasteiger partial charge in [0.1, 0.15) is 17.5 Å². The zero-order chi connectivity index (χ0) is 14.3. The van der Waals surface area contributed by atoms with E-state index in [1.165, 1.54) is 0 Å². The van der Waals surface area contributed by atoms with Crippen molar-refractivity contribution in [2.24, 2.45) is 5.92 Å². The molecular formula is C14H26N4O. The molecule has 1 atom stereocenters. The van der Waals surface area contributed by atoms with Crippen LogP contribution in [0.1, 0.15) is 39.4 Å². The molecule has 108 valence electrons. The zero-order valence-electron chi connectivity index (χ0n) is 12.7. The maximum absolute atomic E-state index is 5.13. The first kappa shape index (κ1) is 15.7. The molecule has 0 aromatic carbocycles. The molecule has 0 saturated heterocycles. The Morgan fingerprint density at radius 1 is 1.16 bits per heavy atom. The average Bonchev–Trinajstić information content (AvgIpc) is 2.37. The average molecular weight is 266 g/mol. The van der Waals surface area contributed by atoms with Crippen LogP contribution >= 0.6 is 0 Å². The third-order valence-electron chi connectivity index (χ3n) is 2.70. The van der Waals surface area contributed by atoms with Crippen LogP contribution in [0.4, 0.5) is 11.6 Å². The highest BCUT2D eigenvalue weighted by Crippen LogP contribution is 2.17. The lowest BCUT2D eigenvalue weighted by Crippen LogP contribution is -2.17. The SMILES string of the molecule is CCNc1cc(NCC(C)COC)nc(C(C)C)n1. The number of aromatic nitrogens is 2. The van der Waals surface area contributed by atoms with Gasteiger partial charge in [-0.1, -0.05) is 20.8 Å². The minimum absolute atomic E-state index is 0.315. The molecule has 0 aliphatic rings. The molecule has 0 saturated carbocycles. The Kier molecular flexibility index (Phi) is 6.56. The van der Waals surface area contributed by atoms with E-state index in [2.05, 4.69) is 48.3 Å². The molecule has 1 aromatic rings. The van der Waals surface area contributed by atoms with Gasteiger partial charge in [-0.25, -0.2) is 9.97 Å². The minimum Gasteiger partial charge on any atom is -0.384 e. The second-order valence-electron chi connectivity index (χ2n) is 5.12. The molecule has 19 heavy (non-hydrogen) atoms. The normalized spacial score (nSPS) is 12.5. The fourth-order valence-corrected chi connectivity index (χ4v) is 1.71. The summed E-state index contributed by atoms with van der Waals surface area (Å²) in [7, 11) is 1.72. The molecule has 0 radical (unpaired) electrons. The van der Waals surface area contributed by atoms with Crippen LogP contribution in [-0.4, -0.2) is 36.8 Å². The van der Waals surface area contributed by atoms with Crippen molar-refractivity contribution in [1.82, 2.24) is 9.97 Å². The number of rotatable bonds is 8. The second kappa shape index (κ2) is 7.94. The lowest BCUT2D eigenvalue weighted by atomic mass is 10.2. The van der Waals surface area contributed by atoms with E-state index in [1.54, 1.807) is 7.11 Å². The third-order valence-corrected chi connectivity index (χ3v) is 2.70.